The van der Waals surface area contributed by atoms with E-state index in [4.69, 9.17) is 39.5 Å². The predicted octanol–water partition coefficient (Wildman–Crippen LogP) is 5.65. The Morgan fingerprint density at radius 3 is 2.62 bits per heavy atom. The van der Waals surface area contributed by atoms with Crippen molar-refractivity contribution in [3.05, 3.63) is 63.4 Å². The van der Waals surface area contributed by atoms with Crippen LogP contribution in [0.15, 0.2) is 47.6 Å². The fourth-order valence-corrected chi connectivity index (χ4v) is 3.75. The van der Waals surface area contributed by atoms with Gasteiger partial charge in [0.25, 0.3) is 0 Å². The molecule has 0 radical (unpaired) electrons. The summed E-state index contributed by atoms with van der Waals surface area (Å²) in [6.07, 6.45) is -0.374. The molecule has 2 aromatic carbocycles. The van der Waals surface area contributed by atoms with Crippen LogP contribution in [-0.4, -0.2) is 26.4 Å². The van der Waals surface area contributed by atoms with E-state index in [-0.39, 0.29) is 17.8 Å². The minimum atomic E-state index is -0.374. The molecule has 0 aliphatic rings. The molecule has 152 valence electrons. The lowest BCUT2D eigenvalue weighted by molar-refractivity contribution is -0.113. The molecule has 29 heavy (non-hydrogen) atoms. The molecule has 0 aliphatic heterocycles. The Labute approximate surface area is 187 Å². The minimum Gasteiger partial charge on any atom is -0.481 e. The van der Waals surface area contributed by atoms with Crippen molar-refractivity contribution in [2.45, 2.75) is 18.2 Å². The number of aromatic nitrogens is 3. The van der Waals surface area contributed by atoms with Crippen LogP contribution in [0.25, 0.3) is 0 Å². The molecule has 0 saturated heterocycles. The number of carbonyl (C=O) groups excluding carboxylic acids is 1. The molecule has 0 fully saturated rings. The maximum Gasteiger partial charge on any atom is 0.234 e. The topological polar surface area (TPSA) is 69.0 Å². The number of ether oxygens (including phenoxy) is 1. The predicted molar refractivity (Wildman–Crippen MR) is 117 cm³/mol. The lowest BCUT2D eigenvalue weighted by Gasteiger charge is -2.15. The highest BCUT2D eigenvalue weighted by atomic mass is 35.5. The van der Waals surface area contributed by atoms with Gasteiger partial charge in [0.15, 0.2) is 17.1 Å². The summed E-state index contributed by atoms with van der Waals surface area (Å²) in [5, 5.41) is 12.9. The number of hydrogen-bond acceptors (Lipinski definition) is 5. The van der Waals surface area contributed by atoms with Crippen LogP contribution in [0.2, 0.25) is 15.1 Å². The lowest BCUT2D eigenvalue weighted by atomic mass is 10.3. The number of benzene rings is 2. The Bertz CT molecular complexity index is 1030. The summed E-state index contributed by atoms with van der Waals surface area (Å²) < 4.78 is 7.67. The van der Waals surface area contributed by atoms with E-state index in [0.717, 1.165) is 0 Å². The van der Waals surface area contributed by atoms with Gasteiger partial charge in [0.2, 0.25) is 5.91 Å². The minimum absolute atomic E-state index is 0.133. The summed E-state index contributed by atoms with van der Waals surface area (Å²) in [5.41, 5.74) is 0.463. The summed E-state index contributed by atoms with van der Waals surface area (Å²) in [5.74, 6) is 1.08. The third-order valence-electron chi connectivity index (χ3n) is 3.93. The van der Waals surface area contributed by atoms with Crippen molar-refractivity contribution in [2.75, 3.05) is 11.1 Å². The first-order chi connectivity index (χ1) is 13.9. The molecule has 1 aromatic heterocycles. The molecular formula is C19H17Cl3N4O2S. The van der Waals surface area contributed by atoms with E-state index in [0.29, 0.717) is 37.5 Å². The fourth-order valence-electron chi connectivity index (χ4n) is 2.51. The van der Waals surface area contributed by atoms with Crippen LogP contribution in [0.3, 0.4) is 0 Å². The number of para-hydroxylation sites is 1. The Hall–Kier alpha value is -1.93. The van der Waals surface area contributed by atoms with Gasteiger partial charge in [-0.15, -0.1) is 10.2 Å². The van der Waals surface area contributed by atoms with Crippen LogP contribution in [-0.2, 0) is 11.8 Å². The molecule has 6 nitrogen and oxygen atoms in total. The van der Waals surface area contributed by atoms with E-state index in [2.05, 4.69) is 15.5 Å². The molecule has 1 amide bonds. The van der Waals surface area contributed by atoms with Gasteiger partial charge in [0.1, 0.15) is 5.75 Å². The third kappa shape index (κ3) is 5.36. The Balaban J connectivity index is 1.61. The number of halogens is 3. The van der Waals surface area contributed by atoms with E-state index in [9.17, 15) is 4.79 Å². The third-order valence-corrected chi connectivity index (χ3v) is 6.08. The van der Waals surface area contributed by atoms with Crippen LogP contribution in [0.1, 0.15) is 18.9 Å². The molecule has 0 unspecified atom stereocenters. The first-order valence-corrected chi connectivity index (χ1v) is 10.7. The second-order valence-electron chi connectivity index (χ2n) is 6.03. The lowest BCUT2D eigenvalue weighted by Crippen LogP contribution is -2.15. The van der Waals surface area contributed by atoms with Crippen molar-refractivity contribution in [2.24, 2.45) is 7.05 Å². The summed E-state index contributed by atoms with van der Waals surface area (Å²) in [7, 11) is 1.82. The Morgan fingerprint density at radius 1 is 1.14 bits per heavy atom. The van der Waals surface area contributed by atoms with Gasteiger partial charge in [0, 0.05) is 7.05 Å². The second-order valence-corrected chi connectivity index (χ2v) is 8.16. The average Bonchev–Trinajstić information content (AvgIpc) is 3.06. The molecule has 0 saturated carbocycles. The normalized spacial score (nSPS) is 11.9. The van der Waals surface area contributed by atoms with Gasteiger partial charge in [-0.3, -0.25) is 4.79 Å². The highest BCUT2D eigenvalue weighted by molar-refractivity contribution is 7.99. The van der Waals surface area contributed by atoms with Gasteiger partial charge in [-0.2, -0.15) is 0 Å². The highest BCUT2D eigenvalue weighted by Gasteiger charge is 2.19. The van der Waals surface area contributed by atoms with Crippen molar-refractivity contribution >= 4 is 58.2 Å². The number of thioether (sulfide) groups is 1. The molecule has 10 heteroatoms. The van der Waals surface area contributed by atoms with E-state index in [1.807, 2.05) is 26.1 Å². The molecule has 3 aromatic rings. The van der Waals surface area contributed by atoms with Crippen LogP contribution >= 0.6 is 46.6 Å². The van der Waals surface area contributed by atoms with Gasteiger partial charge in [-0.05, 0) is 31.2 Å². The number of carbonyl (C=O) groups is 1. The molecular weight excluding hydrogens is 455 g/mol. The zero-order chi connectivity index (χ0) is 21.0. The number of hydrogen-bond donors (Lipinski definition) is 1. The summed E-state index contributed by atoms with van der Waals surface area (Å²) in [6.45, 7) is 1.86. The fraction of sp³-hybridized carbons (Fsp3) is 0.211. The Morgan fingerprint density at radius 2 is 1.86 bits per heavy atom. The smallest absolute Gasteiger partial charge is 0.234 e. The molecule has 0 bridgehead atoms. The molecule has 1 heterocycles. The quantitative estimate of drug-likeness (QED) is 0.451. The molecule has 3 rings (SSSR count). The van der Waals surface area contributed by atoms with Gasteiger partial charge in [-0.25, -0.2) is 0 Å². The summed E-state index contributed by atoms with van der Waals surface area (Å²) >= 11 is 19.4. The molecule has 1 atom stereocenters. The maximum absolute atomic E-state index is 12.2. The number of anilines is 1. The first-order valence-electron chi connectivity index (χ1n) is 8.54. The van der Waals surface area contributed by atoms with E-state index in [1.165, 1.54) is 11.8 Å². The standard InChI is InChI=1S/C19H17Cl3N4O2S/c1-11(28-15-9-4-3-6-12(15)20)18-24-25-19(26(18)2)29-10-16(27)23-14-8-5-7-13(21)17(14)22/h3-9,11H,10H2,1-2H3,(H,23,27)/t11-/m1/s1. The molecule has 1 N–H and O–H groups in total. The van der Waals surface area contributed by atoms with Crippen molar-refractivity contribution in [1.29, 1.82) is 0 Å². The Kier molecular flexibility index (Phi) is 7.29. The zero-order valence-corrected chi connectivity index (χ0v) is 18.6. The van der Waals surface area contributed by atoms with Crippen LogP contribution < -0.4 is 10.1 Å². The van der Waals surface area contributed by atoms with Crippen molar-refractivity contribution in [3.8, 4) is 5.75 Å². The van der Waals surface area contributed by atoms with Gasteiger partial charge >= 0.3 is 0 Å². The van der Waals surface area contributed by atoms with Crippen LogP contribution in [0.4, 0.5) is 5.69 Å². The van der Waals surface area contributed by atoms with E-state index in [1.54, 1.807) is 34.9 Å². The summed E-state index contributed by atoms with van der Waals surface area (Å²) in [4.78, 5) is 12.2. The number of rotatable bonds is 7. The number of amides is 1. The molecule has 0 spiro atoms. The van der Waals surface area contributed by atoms with E-state index < -0.39 is 0 Å². The highest BCUT2D eigenvalue weighted by Crippen LogP contribution is 2.31. The zero-order valence-electron chi connectivity index (χ0n) is 15.5. The van der Waals surface area contributed by atoms with Gasteiger partial charge < -0.3 is 14.6 Å². The van der Waals surface area contributed by atoms with Crippen LogP contribution in [0.5, 0.6) is 5.75 Å². The first kappa shape index (κ1) is 21.8. The van der Waals surface area contributed by atoms with Crippen molar-refractivity contribution < 1.29 is 9.53 Å². The summed E-state index contributed by atoms with van der Waals surface area (Å²) in [6, 6.07) is 12.3. The number of nitrogens with one attached hydrogen (secondary N) is 1. The van der Waals surface area contributed by atoms with Crippen molar-refractivity contribution in [3.63, 3.8) is 0 Å². The monoisotopic (exact) mass is 470 g/mol. The maximum atomic E-state index is 12.2. The van der Waals surface area contributed by atoms with Gasteiger partial charge in [-0.1, -0.05) is 64.8 Å². The SMILES string of the molecule is C[C@@H](Oc1ccccc1Cl)c1nnc(SCC(=O)Nc2cccc(Cl)c2Cl)n1C. The van der Waals surface area contributed by atoms with Crippen LogP contribution in [0, 0.1) is 0 Å². The average molecular weight is 472 g/mol. The van der Waals surface area contributed by atoms with E-state index >= 15 is 0 Å². The number of nitrogens with zero attached hydrogens (tertiary/aromatic N) is 3. The molecule has 0 aliphatic carbocycles. The second kappa shape index (κ2) is 9.71. The van der Waals surface area contributed by atoms with Crippen molar-refractivity contribution in [1.82, 2.24) is 14.8 Å². The largest absolute Gasteiger partial charge is 0.481 e. The van der Waals surface area contributed by atoms with Gasteiger partial charge in [0.05, 0.1) is 26.5 Å².